The predicted octanol–water partition coefficient (Wildman–Crippen LogP) is 4.00. The predicted molar refractivity (Wildman–Crippen MR) is 113 cm³/mol. The summed E-state index contributed by atoms with van der Waals surface area (Å²) in [5, 5.41) is 12.1. The van der Waals surface area contributed by atoms with Gasteiger partial charge in [-0.05, 0) is 49.2 Å². The molecule has 0 unspecified atom stereocenters. The number of nitrogens with zero attached hydrogens (tertiary/aromatic N) is 3. The van der Waals surface area contributed by atoms with Gasteiger partial charge in [-0.25, -0.2) is 0 Å². The molecule has 1 N–H and O–H groups in total. The summed E-state index contributed by atoms with van der Waals surface area (Å²) in [5.74, 6) is 2.63. The van der Waals surface area contributed by atoms with Crippen molar-refractivity contribution in [1.82, 2.24) is 20.1 Å². The van der Waals surface area contributed by atoms with Gasteiger partial charge in [0.05, 0.1) is 25.2 Å². The lowest BCUT2D eigenvalue weighted by molar-refractivity contribution is -0.120. The van der Waals surface area contributed by atoms with Crippen LogP contribution in [0.25, 0.3) is 11.4 Å². The van der Waals surface area contributed by atoms with E-state index >= 15 is 0 Å². The number of benzene rings is 1. The van der Waals surface area contributed by atoms with Crippen LogP contribution in [-0.4, -0.2) is 33.0 Å². The lowest BCUT2D eigenvalue weighted by Gasteiger charge is -2.15. The van der Waals surface area contributed by atoms with Crippen LogP contribution in [0, 0.1) is 5.92 Å². The summed E-state index contributed by atoms with van der Waals surface area (Å²) >= 11 is 1.40. The van der Waals surface area contributed by atoms with Crippen LogP contribution in [0.5, 0.6) is 5.75 Å². The van der Waals surface area contributed by atoms with E-state index in [4.69, 9.17) is 9.15 Å². The van der Waals surface area contributed by atoms with Crippen molar-refractivity contribution in [2.24, 2.45) is 5.92 Å². The fraction of sp³-hybridized carbons (Fsp3) is 0.381. The number of hydrogen-bond donors (Lipinski definition) is 1. The Morgan fingerprint density at radius 3 is 2.59 bits per heavy atom. The molecule has 3 rings (SSSR count). The standard InChI is InChI=1S/C21H26N4O3S/c1-14(2)13-25-19(16-7-9-17(27-4)10-8-16)23-24-21(25)29-15(3)20(26)22-12-18-6-5-11-28-18/h5-11,14-15H,12-13H2,1-4H3,(H,22,26)/t15-/m0/s1. The van der Waals surface area contributed by atoms with Crippen molar-refractivity contribution in [2.75, 3.05) is 7.11 Å². The van der Waals surface area contributed by atoms with Crippen molar-refractivity contribution < 1.29 is 13.9 Å². The number of thioether (sulfide) groups is 1. The molecule has 1 aromatic carbocycles. The number of carbonyl (C=O) groups excluding carboxylic acids is 1. The molecule has 0 aliphatic rings. The third kappa shape index (κ3) is 5.41. The number of furan rings is 1. The van der Waals surface area contributed by atoms with E-state index in [0.29, 0.717) is 12.5 Å². The van der Waals surface area contributed by atoms with Gasteiger partial charge in [0.25, 0.3) is 0 Å². The van der Waals surface area contributed by atoms with Crippen LogP contribution in [0.15, 0.2) is 52.2 Å². The first-order chi connectivity index (χ1) is 14.0. The maximum atomic E-state index is 12.5. The van der Waals surface area contributed by atoms with Crippen LogP contribution < -0.4 is 10.1 Å². The van der Waals surface area contributed by atoms with Crippen LogP contribution in [0.1, 0.15) is 26.5 Å². The minimum Gasteiger partial charge on any atom is -0.497 e. The number of ether oxygens (including phenoxy) is 1. The first-order valence-corrected chi connectivity index (χ1v) is 10.4. The fourth-order valence-electron chi connectivity index (χ4n) is 2.80. The average molecular weight is 415 g/mol. The molecule has 0 spiro atoms. The lowest BCUT2D eigenvalue weighted by Crippen LogP contribution is -2.30. The lowest BCUT2D eigenvalue weighted by atomic mass is 10.2. The van der Waals surface area contributed by atoms with E-state index in [1.54, 1.807) is 19.4 Å². The number of carbonyl (C=O) groups is 1. The largest absolute Gasteiger partial charge is 0.497 e. The van der Waals surface area contributed by atoms with Crippen LogP contribution >= 0.6 is 11.8 Å². The zero-order chi connectivity index (χ0) is 20.8. The molecule has 0 radical (unpaired) electrons. The molecule has 154 valence electrons. The van der Waals surface area contributed by atoms with Crippen molar-refractivity contribution in [3.8, 4) is 17.1 Å². The van der Waals surface area contributed by atoms with Gasteiger partial charge in [-0.15, -0.1) is 10.2 Å². The van der Waals surface area contributed by atoms with E-state index < -0.39 is 0 Å². The van der Waals surface area contributed by atoms with Crippen molar-refractivity contribution in [1.29, 1.82) is 0 Å². The number of nitrogens with one attached hydrogen (secondary N) is 1. The Morgan fingerprint density at radius 1 is 1.21 bits per heavy atom. The van der Waals surface area contributed by atoms with E-state index in [0.717, 1.165) is 34.6 Å². The summed E-state index contributed by atoms with van der Waals surface area (Å²) in [7, 11) is 1.64. The monoisotopic (exact) mass is 414 g/mol. The van der Waals surface area contributed by atoms with Gasteiger partial charge in [-0.3, -0.25) is 4.79 Å². The van der Waals surface area contributed by atoms with Gasteiger partial charge < -0.3 is 19.0 Å². The first-order valence-electron chi connectivity index (χ1n) is 9.52. The number of hydrogen-bond acceptors (Lipinski definition) is 6. The molecule has 2 heterocycles. The Kier molecular flexibility index (Phi) is 6.98. The van der Waals surface area contributed by atoms with Crippen molar-refractivity contribution in [3.05, 3.63) is 48.4 Å². The van der Waals surface area contributed by atoms with E-state index in [2.05, 4.69) is 33.9 Å². The van der Waals surface area contributed by atoms with Gasteiger partial charge in [0, 0.05) is 12.1 Å². The van der Waals surface area contributed by atoms with Crippen LogP contribution in [0.2, 0.25) is 0 Å². The zero-order valence-electron chi connectivity index (χ0n) is 17.1. The Labute approximate surface area is 174 Å². The molecule has 0 saturated heterocycles. The smallest absolute Gasteiger partial charge is 0.233 e. The fourth-order valence-corrected chi connectivity index (χ4v) is 3.68. The number of aromatic nitrogens is 3. The van der Waals surface area contributed by atoms with E-state index in [1.165, 1.54) is 11.8 Å². The first kappa shape index (κ1) is 21.0. The second-order valence-electron chi connectivity index (χ2n) is 7.10. The minimum atomic E-state index is -0.316. The number of methoxy groups -OCH3 is 1. The third-order valence-corrected chi connectivity index (χ3v) is 5.36. The van der Waals surface area contributed by atoms with Gasteiger partial charge >= 0.3 is 0 Å². The Morgan fingerprint density at radius 2 is 1.97 bits per heavy atom. The molecule has 29 heavy (non-hydrogen) atoms. The Hall–Kier alpha value is -2.74. The van der Waals surface area contributed by atoms with Gasteiger partial charge in [0.2, 0.25) is 5.91 Å². The van der Waals surface area contributed by atoms with Crippen LogP contribution in [0.3, 0.4) is 0 Å². The second-order valence-corrected chi connectivity index (χ2v) is 8.40. The maximum Gasteiger partial charge on any atom is 0.233 e. The highest BCUT2D eigenvalue weighted by atomic mass is 32.2. The molecule has 0 saturated carbocycles. The van der Waals surface area contributed by atoms with Gasteiger partial charge in [-0.2, -0.15) is 0 Å². The zero-order valence-corrected chi connectivity index (χ0v) is 17.9. The van der Waals surface area contributed by atoms with Crippen LogP contribution in [-0.2, 0) is 17.9 Å². The van der Waals surface area contributed by atoms with E-state index in [-0.39, 0.29) is 11.2 Å². The summed E-state index contributed by atoms with van der Waals surface area (Å²) in [6, 6.07) is 11.4. The summed E-state index contributed by atoms with van der Waals surface area (Å²) in [6.45, 7) is 7.28. The van der Waals surface area contributed by atoms with E-state index in [1.807, 2.05) is 37.3 Å². The summed E-state index contributed by atoms with van der Waals surface area (Å²) in [5.41, 5.74) is 0.959. The molecular weight excluding hydrogens is 388 g/mol. The molecule has 1 amide bonds. The summed E-state index contributed by atoms with van der Waals surface area (Å²) in [6.07, 6.45) is 1.59. The summed E-state index contributed by atoms with van der Waals surface area (Å²) in [4.78, 5) is 12.5. The molecule has 0 fully saturated rings. The molecule has 0 aliphatic heterocycles. The molecular formula is C21H26N4O3S. The average Bonchev–Trinajstić information content (AvgIpc) is 3.36. The third-order valence-electron chi connectivity index (χ3n) is 4.28. The van der Waals surface area contributed by atoms with Gasteiger partial charge in [0.1, 0.15) is 11.5 Å². The molecule has 2 aromatic heterocycles. The SMILES string of the molecule is COc1ccc(-c2nnc(S[C@@H](C)C(=O)NCc3ccco3)n2CC(C)C)cc1. The molecule has 0 bridgehead atoms. The quantitative estimate of drug-likeness (QED) is 0.533. The number of rotatable bonds is 9. The van der Waals surface area contributed by atoms with Gasteiger partial charge in [-0.1, -0.05) is 25.6 Å². The minimum absolute atomic E-state index is 0.0727. The topological polar surface area (TPSA) is 82.2 Å². The van der Waals surface area contributed by atoms with Crippen molar-refractivity contribution in [3.63, 3.8) is 0 Å². The maximum absolute atomic E-state index is 12.5. The second kappa shape index (κ2) is 9.65. The molecule has 7 nitrogen and oxygen atoms in total. The number of amides is 1. The van der Waals surface area contributed by atoms with Gasteiger partial charge in [0.15, 0.2) is 11.0 Å². The Balaban J connectivity index is 1.75. The molecule has 0 aliphatic carbocycles. The Bertz CT molecular complexity index is 920. The molecule has 1 atom stereocenters. The highest BCUT2D eigenvalue weighted by Crippen LogP contribution is 2.28. The normalized spacial score (nSPS) is 12.2. The molecule has 3 aromatic rings. The molecule has 8 heteroatoms. The van der Waals surface area contributed by atoms with Crippen molar-refractivity contribution >= 4 is 17.7 Å². The highest BCUT2D eigenvalue weighted by molar-refractivity contribution is 8.00. The van der Waals surface area contributed by atoms with Crippen molar-refractivity contribution in [2.45, 2.75) is 44.3 Å². The summed E-state index contributed by atoms with van der Waals surface area (Å²) < 4.78 is 12.6. The van der Waals surface area contributed by atoms with E-state index in [9.17, 15) is 4.79 Å². The highest BCUT2D eigenvalue weighted by Gasteiger charge is 2.21. The van der Waals surface area contributed by atoms with Crippen LogP contribution in [0.4, 0.5) is 0 Å².